The number of Topliss-reactive ketones (excluding diaryl/α,β-unsaturated/α-hetero) is 1. The molecule has 218 valence electrons. The molecule has 1 aromatic carbocycles. The summed E-state index contributed by atoms with van der Waals surface area (Å²) in [6.45, 7) is 9.99. The molecule has 0 spiro atoms. The Balaban J connectivity index is 1.80. The van der Waals surface area contributed by atoms with Crippen LogP contribution < -0.4 is 0 Å². The first-order chi connectivity index (χ1) is 18.7. The fourth-order valence-corrected chi connectivity index (χ4v) is 8.43. The monoisotopic (exact) mass is 556 g/mol. The lowest BCUT2D eigenvalue weighted by molar-refractivity contribution is -0.352. The van der Waals surface area contributed by atoms with Gasteiger partial charge in [-0.15, -0.1) is 0 Å². The minimum absolute atomic E-state index is 0.0154. The van der Waals surface area contributed by atoms with Crippen molar-refractivity contribution in [2.45, 2.75) is 90.5 Å². The average Bonchev–Trinajstić information content (AvgIpc) is 2.88. The highest BCUT2D eigenvalue weighted by molar-refractivity contribution is 5.89. The van der Waals surface area contributed by atoms with E-state index in [4.69, 9.17) is 14.2 Å². The van der Waals surface area contributed by atoms with Gasteiger partial charge in [0.2, 0.25) is 0 Å². The minimum atomic E-state index is -1.45. The number of rotatable bonds is 4. The van der Waals surface area contributed by atoms with Gasteiger partial charge in [0.25, 0.3) is 0 Å². The van der Waals surface area contributed by atoms with Crippen LogP contribution in [0.25, 0.3) is 0 Å². The van der Waals surface area contributed by atoms with Crippen LogP contribution in [0.2, 0.25) is 0 Å². The number of aliphatic hydroxyl groups is 3. The van der Waals surface area contributed by atoms with Crippen LogP contribution in [0, 0.1) is 28.6 Å². The maximum Gasteiger partial charge on any atom is 0.338 e. The fraction of sp³-hybridized carbons (Fsp3) is 0.645. The van der Waals surface area contributed by atoms with Crippen LogP contribution in [-0.2, 0) is 23.8 Å². The summed E-state index contributed by atoms with van der Waals surface area (Å²) >= 11 is 0. The van der Waals surface area contributed by atoms with Gasteiger partial charge in [0.05, 0.1) is 42.3 Å². The summed E-state index contributed by atoms with van der Waals surface area (Å²) in [6, 6.07) is 8.49. The molecule has 2 unspecified atom stereocenters. The number of fused-ring (bicyclic) bond motifs is 5. The summed E-state index contributed by atoms with van der Waals surface area (Å²) in [5.41, 5.74) is -2.08. The Morgan fingerprint density at radius 3 is 2.20 bits per heavy atom. The summed E-state index contributed by atoms with van der Waals surface area (Å²) in [5.74, 6) is -4.02. The molecule has 40 heavy (non-hydrogen) atoms. The van der Waals surface area contributed by atoms with Crippen LogP contribution in [-0.4, -0.2) is 75.8 Å². The number of aliphatic hydroxyl groups excluding tert-OH is 3. The molecule has 4 aliphatic rings. The zero-order valence-corrected chi connectivity index (χ0v) is 23.9. The molecule has 0 amide bonds. The molecule has 10 atom stereocenters. The molecule has 3 aliphatic carbocycles. The molecule has 3 fully saturated rings. The zero-order chi connectivity index (χ0) is 29.4. The van der Waals surface area contributed by atoms with E-state index in [0.29, 0.717) is 16.7 Å². The van der Waals surface area contributed by atoms with Gasteiger partial charge in [-0.1, -0.05) is 39.0 Å². The standard InChI is InChI=1S/C31H40O9/c1-15-20(34)12-19-25(39-28(37)18-10-8-7-9-11-18)26-30(6,27(36)23(16(2)32)24(15)29(19,4)5)21(35)13-22-31(26,14-38-22)40-17(3)33/h7-11,19-23,25-27,34-36H,12-14H2,1-6H3/t19?,20-,21-,22+,23+,25+,26?,27+,30+,31-/m0/s1. The highest BCUT2D eigenvalue weighted by Gasteiger charge is 2.75. The second-order valence-electron chi connectivity index (χ2n) is 12.9. The van der Waals surface area contributed by atoms with Crippen LogP contribution >= 0.6 is 0 Å². The van der Waals surface area contributed by atoms with Crippen molar-refractivity contribution in [3.8, 4) is 0 Å². The van der Waals surface area contributed by atoms with Crippen molar-refractivity contribution in [3.63, 3.8) is 0 Å². The second kappa shape index (κ2) is 9.76. The Morgan fingerprint density at radius 2 is 1.65 bits per heavy atom. The van der Waals surface area contributed by atoms with Gasteiger partial charge < -0.3 is 29.5 Å². The van der Waals surface area contributed by atoms with Crippen molar-refractivity contribution in [3.05, 3.63) is 47.0 Å². The molecule has 3 N–H and O–H groups in total. The first-order valence-electron chi connectivity index (χ1n) is 14.0. The lowest BCUT2D eigenvalue weighted by Gasteiger charge is -2.67. The molecule has 9 nitrogen and oxygen atoms in total. The predicted octanol–water partition coefficient (Wildman–Crippen LogP) is 2.60. The SMILES string of the molecule is CC(=O)O[C@@]12CO[C@@H]1C[C@H](O)[C@]1(C)C2[C@H](OC(=O)c2ccccc2)C2C[C@H](O)C(C)=C([C@@H](C(C)=O)[C@H]1O)C2(C)C. The van der Waals surface area contributed by atoms with Crippen molar-refractivity contribution in [1.82, 2.24) is 0 Å². The van der Waals surface area contributed by atoms with Crippen molar-refractivity contribution in [2.24, 2.45) is 28.6 Å². The van der Waals surface area contributed by atoms with E-state index in [1.807, 2.05) is 13.8 Å². The summed E-state index contributed by atoms with van der Waals surface area (Å²) in [7, 11) is 0. The minimum Gasteiger partial charge on any atom is -0.458 e. The molecule has 9 heteroatoms. The molecule has 5 rings (SSSR count). The largest absolute Gasteiger partial charge is 0.458 e. The van der Waals surface area contributed by atoms with Gasteiger partial charge in [-0.3, -0.25) is 9.59 Å². The normalized spacial score (nSPS) is 41.8. The van der Waals surface area contributed by atoms with Crippen molar-refractivity contribution in [1.29, 1.82) is 0 Å². The third-order valence-electron chi connectivity index (χ3n) is 10.4. The van der Waals surface area contributed by atoms with Gasteiger partial charge in [0.15, 0.2) is 5.60 Å². The number of ether oxygens (including phenoxy) is 3. The van der Waals surface area contributed by atoms with E-state index in [-0.39, 0.29) is 25.2 Å². The maximum atomic E-state index is 13.7. The maximum absolute atomic E-state index is 13.7. The zero-order valence-electron chi connectivity index (χ0n) is 23.9. The second-order valence-corrected chi connectivity index (χ2v) is 12.9. The van der Waals surface area contributed by atoms with Crippen LogP contribution in [0.4, 0.5) is 0 Å². The van der Waals surface area contributed by atoms with Gasteiger partial charge in [-0.2, -0.15) is 0 Å². The summed E-state index contributed by atoms with van der Waals surface area (Å²) in [5, 5.41) is 35.2. The summed E-state index contributed by atoms with van der Waals surface area (Å²) < 4.78 is 18.2. The molecule has 0 radical (unpaired) electrons. The van der Waals surface area contributed by atoms with E-state index in [0.717, 1.165) is 0 Å². The molecule has 0 aromatic heterocycles. The first-order valence-corrected chi connectivity index (χ1v) is 14.0. The average molecular weight is 557 g/mol. The first kappa shape index (κ1) is 28.9. The van der Waals surface area contributed by atoms with E-state index >= 15 is 0 Å². The third kappa shape index (κ3) is 4.00. The summed E-state index contributed by atoms with van der Waals surface area (Å²) in [6.07, 6.45) is -5.00. The fourth-order valence-electron chi connectivity index (χ4n) is 8.43. The van der Waals surface area contributed by atoms with E-state index < -0.39 is 76.6 Å². The topological polar surface area (TPSA) is 140 Å². The van der Waals surface area contributed by atoms with Crippen molar-refractivity contribution in [2.75, 3.05) is 6.61 Å². The Kier molecular flexibility index (Phi) is 7.05. The number of esters is 2. The van der Waals surface area contributed by atoms with Gasteiger partial charge in [0, 0.05) is 24.7 Å². The molecule has 1 aliphatic heterocycles. The molecule has 2 bridgehead atoms. The van der Waals surface area contributed by atoms with Crippen LogP contribution in [0.1, 0.15) is 64.7 Å². The van der Waals surface area contributed by atoms with Gasteiger partial charge in [0.1, 0.15) is 18.0 Å². The number of hydrogen-bond acceptors (Lipinski definition) is 9. The van der Waals surface area contributed by atoms with E-state index in [2.05, 4.69) is 0 Å². The van der Waals surface area contributed by atoms with E-state index in [1.54, 1.807) is 44.2 Å². The molecule has 2 saturated carbocycles. The molecule has 1 saturated heterocycles. The Morgan fingerprint density at radius 1 is 1.00 bits per heavy atom. The Hall–Kier alpha value is -2.59. The highest BCUT2D eigenvalue weighted by Crippen LogP contribution is 2.64. The highest BCUT2D eigenvalue weighted by atomic mass is 16.6. The predicted molar refractivity (Wildman–Crippen MR) is 143 cm³/mol. The van der Waals surface area contributed by atoms with Crippen molar-refractivity contribution < 1.29 is 43.9 Å². The lowest BCUT2D eigenvalue weighted by Crippen LogP contribution is -2.79. The van der Waals surface area contributed by atoms with Crippen molar-refractivity contribution >= 4 is 17.7 Å². The Bertz CT molecular complexity index is 1240. The summed E-state index contributed by atoms with van der Waals surface area (Å²) in [4.78, 5) is 39.5. The van der Waals surface area contributed by atoms with Crippen LogP contribution in [0.5, 0.6) is 0 Å². The van der Waals surface area contributed by atoms with Gasteiger partial charge in [-0.05, 0) is 49.0 Å². The third-order valence-corrected chi connectivity index (χ3v) is 10.4. The molecular weight excluding hydrogens is 516 g/mol. The van der Waals surface area contributed by atoms with Crippen LogP contribution in [0.15, 0.2) is 41.5 Å². The molecular formula is C31H40O9. The lowest BCUT2D eigenvalue weighted by atomic mass is 9.44. The van der Waals surface area contributed by atoms with Crippen LogP contribution in [0.3, 0.4) is 0 Å². The number of hydrogen-bond donors (Lipinski definition) is 3. The van der Waals surface area contributed by atoms with E-state index in [9.17, 15) is 29.7 Å². The van der Waals surface area contributed by atoms with E-state index in [1.165, 1.54) is 13.8 Å². The smallest absolute Gasteiger partial charge is 0.338 e. The Labute approximate surface area is 234 Å². The number of carbonyl (C=O) groups is 3. The molecule has 1 heterocycles. The number of benzene rings is 1. The molecule has 1 aromatic rings. The van der Waals surface area contributed by atoms with Gasteiger partial charge >= 0.3 is 11.9 Å². The quantitative estimate of drug-likeness (QED) is 0.377. The number of ketones is 1. The number of carbonyl (C=O) groups excluding carboxylic acids is 3. The van der Waals surface area contributed by atoms with Gasteiger partial charge in [-0.25, -0.2) is 4.79 Å².